The molecule has 0 radical (unpaired) electrons. The van der Waals surface area contributed by atoms with Gasteiger partial charge in [0, 0.05) is 5.69 Å². The van der Waals surface area contributed by atoms with E-state index in [1.165, 1.54) is 0 Å². The Morgan fingerprint density at radius 2 is 1.63 bits per heavy atom. The number of aliphatic carboxylic acids is 1. The summed E-state index contributed by atoms with van der Waals surface area (Å²) in [4.78, 5) is 11.5. The van der Waals surface area contributed by atoms with Gasteiger partial charge in [0.15, 0.2) is 6.04 Å². The minimum absolute atomic E-state index is 0.735. The van der Waals surface area contributed by atoms with E-state index >= 15 is 0 Å². The van der Waals surface area contributed by atoms with Gasteiger partial charge in [-0.15, -0.1) is 0 Å². The van der Waals surface area contributed by atoms with Crippen LogP contribution in [-0.4, -0.2) is 11.1 Å². The van der Waals surface area contributed by atoms with Crippen LogP contribution in [0.25, 0.3) is 0 Å². The van der Waals surface area contributed by atoms with Crippen LogP contribution in [0, 0.1) is 13.8 Å². The lowest BCUT2D eigenvalue weighted by molar-refractivity contribution is -0.138. The van der Waals surface area contributed by atoms with Crippen molar-refractivity contribution in [2.45, 2.75) is 19.9 Å². The van der Waals surface area contributed by atoms with Crippen molar-refractivity contribution >= 4 is 11.7 Å². The highest BCUT2D eigenvalue weighted by molar-refractivity contribution is 5.79. The Morgan fingerprint density at radius 1 is 1.05 bits per heavy atom. The maximum Gasteiger partial charge on any atom is 0.330 e. The van der Waals surface area contributed by atoms with Crippen LogP contribution >= 0.6 is 0 Å². The number of rotatable bonds is 4. The van der Waals surface area contributed by atoms with E-state index in [0.29, 0.717) is 0 Å². The summed E-state index contributed by atoms with van der Waals surface area (Å²) in [5.74, 6) is -0.881. The van der Waals surface area contributed by atoms with E-state index in [0.717, 1.165) is 22.4 Å². The predicted octanol–water partition coefficient (Wildman–Crippen LogP) is 3.54. The highest BCUT2D eigenvalue weighted by Crippen LogP contribution is 2.22. The Labute approximate surface area is 112 Å². The lowest BCUT2D eigenvalue weighted by Crippen LogP contribution is -2.20. The second kappa shape index (κ2) is 5.57. The number of para-hydroxylation sites is 1. The SMILES string of the molecule is Cc1cc(C)cc(C(Nc2ccccc2)C(=O)O)c1. The van der Waals surface area contributed by atoms with Gasteiger partial charge in [-0.05, 0) is 31.5 Å². The van der Waals surface area contributed by atoms with Crippen molar-refractivity contribution in [2.75, 3.05) is 5.32 Å². The average Bonchev–Trinajstić information content (AvgIpc) is 2.35. The normalized spacial score (nSPS) is 11.9. The smallest absolute Gasteiger partial charge is 0.330 e. The summed E-state index contributed by atoms with van der Waals surface area (Å²) in [5.41, 5.74) is 3.70. The number of carboxylic acid groups (broad SMARTS) is 1. The molecule has 98 valence electrons. The standard InChI is InChI=1S/C16H17NO2/c1-11-8-12(2)10-13(9-11)15(16(18)19)17-14-6-4-3-5-7-14/h3-10,15,17H,1-2H3,(H,18,19). The molecule has 0 aliphatic rings. The lowest BCUT2D eigenvalue weighted by Gasteiger charge is -2.17. The molecule has 0 aromatic heterocycles. The number of anilines is 1. The molecule has 0 fully saturated rings. The fourth-order valence-corrected chi connectivity index (χ4v) is 2.17. The molecule has 19 heavy (non-hydrogen) atoms. The van der Waals surface area contributed by atoms with Gasteiger partial charge in [-0.25, -0.2) is 4.79 Å². The average molecular weight is 255 g/mol. The van der Waals surface area contributed by atoms with Crippen LogP contribution < -0.4 is 5.32 Å². The molecule has 2 N–H and O–H groups in total. The largest absolute Gasteiger partial charge is 0.479 e. The first kappa shape index (κ1) is 13.1. The highest BCUT2D eigenvalue weighted by Gasteiger charge is 2.19. The van der Waals surface area contributed by atoms with Crippen LogP contribution in [0.5, 0.6) is 0 Å². The molecule has 3 nitrogen and oxygen atoms in total. The van der Waals surface area contributed by atoms with Gasteiger partial charge in [0.1, 0.15) is 0 Å². The summed E-state index contributed by atoms with van der Waals surface area (Å²) < 4.78 is 0. The van der Waals surface area contributed by atoms with Gasteiger partial charge in [0.05, 0.1) is 0 Å². The number of hydrogen-bond acceptors (Lipinski definition) is 2. The van der Waals surface area contributed by atoms with E-state index in [1.54, 1.807) is 0 Å². The minimum atomic E-state index is -0.881. The third-order valence-corrected chi connectivity index (χ3v) is 2.91. The van der Waals surface area contributed by atoms with Crippen LogP contribution in [0.15, 0.2) is 48.5 Å². The summed E-state index contributed by atoms with van der Waals surface area (Å²) >= 11 is 0. The van der Waals surface area contributed by atoms with Gasteiger partial charge in [-0.2, -0.15) is 0 Å². The first-order valence-electron chi connectivity index (χ1n) is 6.19. The van der Waals surface area contributed by atoms with Gasteiger partial charge in [-0.1, -0.05) is 47.5 Å². The van der Waals surface area contributed by atoms with Crippen LogP contribution in [0.1, 0.15) is 22.7 Å². The summed E-state index contributed by atoms with van der Waals surface area (Å²) in [5, 5.41) is 12.5. The molecular weight excluding hydrogens is 238 g/mol. The van der Waals surface area contributed by atoms with Gasteiger partial charge in [0.2, 0.25) is 0 Å². The molecule has 0 aliphatic heterocycles. The number of aryl methyl sites for hydroxylation is 2. The number of hydrogen-bond donors (Lipinski definition) is 2. The van der Waals surface area contributed by atoms with Crippen LogP contribution in [0.4, 0.5) is 5.69 Å². The first-order valence-corrected chi connectivity index (χ1v) is 6.19. The van der Waals surface area contributed by atoms with Crippen molar-refractivity contribution in [1.29, 1.82) is 0 Å². The van der Waals surface area contributed by atoms with E-state index in [4.69, 9.17) is 0 Å². The number of benzene rings is 2. The third-order valence-electron chi connectivity index (χ3n) is 2.91. The minimum Gasteiger partial charge on any atom is -0.479 e. The molecule has 2 rings (SSSR count). The predicted molar refractivity (Wildman–Crippen MR) is 76.4 cm³/mol. The maximum absolute atomic E-state index is 11.5. The zero-order chi connectivity index (χ0) is 13.8. The summed E-state index contributed by atoms with van der Waals surface area (Å²) in [6.07, 6.45) is 0. The second-order valence-corrected chi connectivity index (χ2v) is 4.70. The summed E-state index contributed by atoms with van der Waals surface area (Å²) in [6, 6.07) is 14.5. The van der Waals surface area contributed by atoms with Crippen molar-refractivity contribution in [2.24, 2.45) is 0 Å². The van der Waals surface area contributed by atoms with Crippen molar-refractivity contribution in [3.63, 3.8) is 0 Å². The zero-order valence-corrected chi connectivity index (χ0v) is 11.1. The molecule has 1 unspecified atom stereocenters. The Hall–Kier alpha value is -2.29. The summed E-state index contributed by atoms with van der Waals surface area (Å²) in [7, 11) is 0. The van der Waals surface area contributed by atoms with Crippen molar-refractivity contribution in [3.8, 4) is 0 Å². The number of carboxylic acids is 1. The van der Waals surface area contributed by atoms with Crippen molar-refractivity contribution < 1.29 is 9.90 Å². The van der Waals surface area contributed by atoms with Gasteiger partial charge in [0.25, 0.3) is 0 Å². The Bertz CT molecular complexity index is 558. The molecule has 0 bridgehead atoms. The first-order chi connectivity index (χ1) is 9.06. The fourth-order valence-electron chi connectivity index (χ4n) is 2.17. The molecular formula is C16H17NO2. The molecule has 0 heterocycles. The Balaban J connectivity index is 2.32. The fraction of sp³-hybridized carbons (Fsp3) is 0.188. The van der Waals surface area contributed by atoms with Crippen LogP contribution in [-0.2, 0) is 4.79 Å². The van der Waals surface area contributed by atoms with Gasteiger partial charge < -0.3 is 10.4 Å². The van der Waals surface area contributed by atoms with Crippen LogP contribution in [0.3, 0.4) is 0 Å². The van der Waals surface area contributed by atoms with Crippen molar-refractivity contribution in [3.05, 3.63) is 65.2 Å². The van der Waals surface area contributed by atoms with E-state index in [9.17, 15) is 9.90 Å². The maximum atomic E-state index is 11.5. The summed E-state index contributed by atoms with van der Waals surface area (Å²) in [6.45, 7) is 3.94. The van der Waals surface area contributed by atoms with E-state index in [2.05, 4.69) is 5.32 Å². The Kier molecular flexibility index (Phi) is 3.85. The van der Waals surface area contributed by atoms with Crippen molar-refractivity contribution in [1.82, 2.24) is 0 Å². The second-order valence-electron chi connectivity index (χ2n) is 4.70. The molecule has 0 saturated carbocycles. The molecule has 0 amide bonds. The van der Waals surface area contributed by atoms with E-state index in [-0.39, 0.29) is 0 Å². The van der Waals surface area contributed by atoms with Gasteiger partial charge >= 0.3 is 5.97 Å². The molecule has 0 aliphatic carbocycles. The van der Waals surface area contributed by atoms with E-state index < -0.39 is 12.0 Å². The van der Waals surface area contributed by atoms with E-state index in [1.807, 2.05) is 62.4 Å². The molecule has 0 saturated heterocycles. The lowest BCUT2D eigenvalue weighted by atomic mass is 10.0. The monoisotopic (exact) mass is 255 g/mol. The van der Waals surface area contributed by atoms with Crippen LogP contribution in [0.2, 0.25) is 0 Å². The van der Waals surface area contributed by atoms with Gasteiger partial charge in [-0.3, -0.25) is 0 Å². The Morgan fingerprint density at radius 3 is 2.16 bits per heavy atom. The quantitative estimate of drug-likeness (QED) is 0.878. The third kappa shape index (κ3) is 3.35. The molecule has 1 atom stereocenters. The number of nitrogens with one attached hydrogen (secondary N) is 1. The molecule has 0 spiro atoms. The zero-order valence-electron chi connectivity index (χ0n) is 11.1. The highest BCUT2D eigenvalue weighted by atomic mass is 16.4. The number of carbonyl (C=O) groups is 1. The topological polar surface area (TPSA) is 49.3 Å². The molecule has 3 heteroatoms. The molecule has 2 aromatic carbocycles. The molecule has 2 aromatic rings.